The maximum absolute atomic E-state index is 13.2. The highest BCUT2D eigenvalue weighted by molar-refractivity contribution is 9.15. The number of aliphatic hydroxyl groups excluding tert-OH is 1. The standard InChI is InChI=1S/C25H22BrClN2O3/c26-22(20-13-7-8-14-21(20)27)23(29-24(31)18-11-5-2-6-12-18)25(32)28-19(16-30)15-17-9-3-1-4-10-17/h1-14,19,30H,15-16H2,(H,28,32)(H,29,31)/b23-22-/t19-/m0/s1. The zero-order valence-corrected chi connectivity index (χ0v) is 19.4. The molecule has 0 fully saturated rings. The topological polar surface area (TPSA) is 78.4 Å². The van der Waals surface area contributed by atoms with E-state index >= 15 is 0 Å². The lowest BCUT2D eigenvalue weighted by Crippen LogP contribution is -2.43. The smallest absolute Gasteiger partial charge is 0.269 e. The Morgan fingerprint density at radius 2 is 1.50 bits per heavy atom. The van der Waals surface area contributed by atoms with Gasteiger partial charge < -0.3 is 15.7 Å². The van der Waals surface area contributed by atoms with Crippen molar-refractivity contribution < 1.29 is 14.7 Å². The van der Waals surface area contributed by atoms with E-state index in [-0.39, 0.29) is 12.3 Å². The third-order valence-corrected chi connectivity index (χ3v) is 5.87. The van der Waals surface area contributed by atoms with Gasteiger partial charge in [0.25, 0.3) is 11.8 Å². The SMILES string of the molecule is O=C(N[C@H](CO)Cc1ccccc1)/C(NC(=O)c1ccccc1)=C(/Br)c1ccccc1Cl. The highest BCUT2D eigenvalue weighted by Crippen LogP contribution is 2.30. The van der Waals surface area contributed by atoms with Gasteiger partial charge in [0, 0.05) is 16.1 Å². The Bertz CT molecular complexity index is 1100. The number of amides is 2. The zero-order chi connectivity index (χ0) is 22.9. The van der Waals surface area contributed by atoms with Crippen LogP contribution in [0.5, 0.6) is 0 Å². The number of hydrogen-bond donors (Lipinski definition) is 3. The number of carbonyl (C=O) groups excluding carboxylic acids is 2. The van der Waals surface area contributed by atoms with E-state index in [0.29, 0.717) is 27.1 Å². The third kappa shape index (κ3) is 6.29. The Hall–Kier alpha value is -2.93. The van der Waals surface area contributed by atoms with Crippen molar-refractivity contribution >= 4 is 43.8 Å². The molecule has 0 spiro atoms. The molecule has 0 aliphatic heterocycles. The number of hydrogen-bond acceptors (Lipinski definition) is 3. The molecule has 3 N–H and O–H groups in total. The fourth-order valence-corrected chi connectivity index (χ4v) is 4.05. The first kappa shape index (κ1) is 23.7. The fourth-order valence-electron chi connectivity index (χ4n) is 3.08. The summed E-state index contributed by atoms with van der Waals surface area (Å²) >= 11 is 9.75. The molecule has 0 radical (unpaired) electrons. The van der Waals surface area contributed by atoms with Gasteiger partial charge in [0.2, 0.25) is 0 Å². The van der Waals surface area contributed by atoms with Crippen molar-refractivity contribution in [2.24, 2.45) is 0 Å². The van der Waals surface area contributed by atoms with E-state index in [1.54, 1.807) is 54.6 Å². The molecular weight excluding hydrogens is 492 g/mol. The van der Waals surface area contributed by atoms with Crippen molar-refractivity contribution in [1.82, 2.24) is 10.6 Å². The maximum atomic E-state index is 13.2. The summed E-state index contributed by atoms with van der Waals surface area (Å²) in [6.07, 6.45) is 0.437. The zero-order valence-electron chi connectivity index (χ0n) is 17.1. The number of halogens is 2. The van der Waals surface area contributed by atoms with E-state index in [4.69, 9.17) is 11.6 Å². The van der Waals surface area contributed by atoms with Crippen LogP contribution in [0.25, 0.3) is 4.48 Å². The van der Waals surface area contributed by atoms with Gasteiger partial charge in [0.05, 0.1) is 17.1 Å². The molecule has 1 atom stereocenters. The van der Waals surface area contributed by atoms with E-state index in [2.05, 4.69) is 26.6 Å². The highest BCUT2D eigenvalue weighted by Gasteiger charge is 2.22. The van der Waals surface area contributed by atoms with Gasteiger partial charge >= 0.3 is 0 Å². The summed E-state index contributed by atoms with van der Waals surface area (Å²) in [4.78, 5) is 26.0. The molecule has 0 heterocycles. The lowest BCUT2D eigenvalue weighted by Gasteiger charge is -2.19. The van der Waals surface area contributed by atoms with Crippen molar-refractivity contribution in [3.63, 3.8) is 0 Å². The molecule has 2 amide bonds. The molecule has 164 valence electrons. The van der Waals surface area contributed by atoms with Crippen molar-refractivity contribution in [3.05, 3.63) is 112 Å². The number of nitrogens with one attached hydrogen (secondary N) is 2. The third-order valence-electron chi connectivity index (χ3n) is 4.71. The van der Waals surface area contributed by atoms with E-state index in [9.17, 15) is 14.7 Å². The van der Waals surface area contributed by atoms with E-state index in [1.807, 2.05) is 30.3 Å². The first-order chi connectivity index (χ1) is 15.5. The van der Waals surface area contributed by atoms with Crippen LogP contribution in [0.1, 0.15) is 21.5 Å². The Balaban J connectivity index is 1.90. The summed E-state index contributed by atoms with van der Waals surface area (Å²) in [6, 6.07) is 24.6. The molecule has 3 rings (SSSR count). The first-order valence-electron chi connectivity index (χ1n) is 9.96. The van der Waals surface area contributed by atoms with Crippen LogP contribution in [-0.4, -0.2) is 29.6 Å². The summed E-state index contributed by atoms with van der Waals surface area (Å²) < 4.78 is 0.335. The average Bonchev–Trinajstić information content (AvgIpc) is 2.83. The first-order valence-corrected chi connectivity index (χ1v) is 11.1. The summed E-state index contributed by atoms with van der Waals surface area (Å²) in [5.41, 5.74) is 1.92. The number of aliphatic hydroxyl groups is 1. The molecule has 0 saturated carbocycles. The predicted molar refractivity (Wildman–Crippen MR) is 130 cm³/mol. The molecule has 7 heteroatoms. The van der Waals surface area contributed by atoms with E-state index in [1.165, 1.54) is 0 Å². The molecule has 0 aliphatic carbocycles. The fraction of sp³-hybridized carbons (Fsp3) is 0.120. The van der Waals surface area contributed by atoms with Gasteiger partial charge in [-0.1, -0.05) is 78.3 Å². The lowest BCUT2D eigenvalue weighted by atomic mass is 10.1. The van der Waals surface area contributed by atoms with E-state index < -0.39 is 17.9 Å². The number of rotatable bonds is 8. The molecule has 32 heavy (non-hydrogen) atoms. The minimum absolute atomic E-state index is 0.00142. The summed E-state index contributed by atoms with van der Waals surface area (Å²) in [7, 11) is 0. The summed E-state index contributed by atoms with van der Waals surface area (Å²) in [6.45, 7) is -0.260. The van der Waals surface area contributed by atoms with E-state index in [0.717, 1.165) is 5.56 Å². The second kappa shape index (κ2) is 11.6. The number of benzene rings is 3. The second-order valence-corrected chi connectivity index (χ2v) is 8.23. The molecule has 5 nitrogen and oxygen atoms in total. The van der Waals surface area contributed by atoms with Gasteiger partial charge in [-0.05, 0) is 46.1 Å². The molecule has 3 aromatic rings. The monoisotopic (exact) mass is 512 g/mol. The van der Waals surface area contributed by atoms with Crippen LogP contribution in [0.3, 0.4) is 0 Å². The molecule has 0 aliphatic rings. The van der Waals surface area contributed by atoms with Crippen LogP contribution in [0.15, 0.2) is 90.6 Å². The highest BCUT2D eigenvalue weighted by atomic mass is 79.9. The van der Waals surface area contributed by atoms with Crippen LogP contribution in [0, 0.1) is 0 Å². The lowest BCUT2D eigenvalue weighted by molar-refractivity contribution is -0.118. The van der Waals surface area contributed by atoms with Gasteiger partial charge in [-0.3, -0.25) is 9.59 Å². The van der Waals surface area contributed by atoms with Crippen molar-refractivity contribution in [3.8, 4) is 0 Å². The van der Waals surface area contributed by atoms with Crippen molar-refractivity contribution in [2.75, 3.05) is 6.61 Å². The predicted octanol–water partition coefficient (Wildman–Crippen LogP) is 4.55. The Morgan fingerprint density at radius 1 is 0.906 bits per heavy atom. The van der Waals surface area contributed by atoms with Gasteiger partial charge in [-0.15, -0.1) is 0 Å². The Morgan fingerprint density at radius 3 is 2.12 bits per heavy atom. The van der Waals surface area contributed by atoms with Crippen molar-refractivity contribution in [1.29, 1.82) is 0 Å². The quantitative estimate of drug-likeness (QED) is 0.387. The summed E-state index contributed by atoms with van der Waals surface area (Å²) in [5, 5.41) is 15.7. The Kier molecular flexibility index (Phi) is 8.62. The minimum atomic E-state index is -0.545. The Labute approximate surface area is 200 Å². The average molecular weight is 514 g/mol. The number of carbonyl (C=O) groups is 2. The molecule has 3 aromatic carbocycles. The second-order valence-electron chi connectivity index (χ2n) is 7.03. The largest absolute Gasteiger partial charge is 0.394 e. The van der Waals surface area contributed by atoms with Gasteiger partial charge in [0.1, 0.15) is 5.70 Å². The maximum Gasteiger partial charge on any atom is 0.269 e. The van der Waals surface area contributed by atoms with Gasteiger partial charge in [-0.2, -0.15) is 0 Å². The van der Waals surface area contributed by atoms with Crippen LogP contribution >= 0.6 is 27.5 Å². The molecule has 0 aromatic heterocycles. The molecular formula is C25H22BrClN2O3. The van der Waals surface area contributed by atoms with Crippen LogP contribution < -0.4 is 10.6 Å². The van der Waals surface area contributed by atoms with Crippen molar-refractivity contribution in [2.45, 2.75) is 12.5 Å². The minimum Gasteiger partial charge on any atom is -0.394 e. The van der Waals surface area contributed by atoms with Crippen LogP contribution in [0.4, 0.5) is 0 Å². The molecule has 0 unspecified atom stereocenters. The normalized spacial score (nSPS) is 12.5. The molecule has 0 bridgehead atoms. The summed E-state index contributed by atoms with van der Waals surface area (Å²) in [5.74, 6) is -0.987. The molecule has 0 saturated heterocycles. The van der Waals surface area contributed by atoms with Gasteiger partial charge in [-0.25, -0.2) is 0 Å². The van der Waals surface area contributed by atoms with Crippen LogP contribution in [-0.2, 0) is 11.2 Å². The van der Waals surface area contributed by atoms with Gasteiger partial charge in [0.15, 0.2) is 0 Å². The van der Waals surface area contributed by atoms with Crippen LogP contribution in [0.2, 0.25) is 5.02 Å².